The fourth-order valence-electron chi connectivity index (χ4n) is 2.14. The predicted molar refractivity (Wildman–Crippen MR) is 68.1 cm³/mol. The van der Waals surface area contributed by atoms with Crippen molar-refractivity contribution in [1.82, 2.24) is 0 Å². The third-order valence-corrected chi connectivity index (χ3v) is 2.90. The summed E-state index contributed by atoms with van der Waals surface area (Å²) in [6, 6.07) is 12.5. The molecule has 4 heteroatoms. The van der Waals surface area contributed by atoms with Crippen molar-refractivity contribution >= 4 is 16.6 Å². The summed E-state index contributed by atoms with van der Waals surface area (Å²) in [5, 5.41) is 28.6. The van der Waals surface area contributed by atoms with Gasteiger partial charge >= 0.3 is 0 Å². The van der Waals surface area contributed by atoms with Gasteiger partial charge in [-0.05, 0) is 12.3 Å². The molecule has 0 saturated heterocycles. The van der Waals surface area contributed by atoms with Crippen molar-refractivity contribution in [2.45, 2.75) is 6.92 Å². The minimum absolute atomic E-state index is 0.0229. The van der Waals surface area contributed by atoms with Crippen molar-refractivity contribution in [3.05, 3.63) is 46.5 Å². The molecular formula is C15H7N3O. The van der Waals surface area contributed by atoms with Gasteiger partial charge in [-0.2, -0.15) is 15.8 Å². The maximum Gasteiger partial charge on any atom is 0.161 e. The molecule has 0 radical (unpaired) electrons. The molecule has 2 rings (SSSR count). The average molecular weight is 245 g/mol. The van der Waals surface area contributed by atoms with Gasteiger partial charge in [0.05, 0.1) is 16.7 Å². The number of benzene rings is 2. The first-order chi connectivity index (χ1) is 9.15. The van der Waals surface area contributed by atoms with Gasteiger partial charge in [0.2, 0.25) is 0 Å². The number of carbonyl (C=O) groups excluding carboxylic acids is 1. The average Bonchev–Trinajstić information content (AvgIpc) is 2.43. The molecule has 2 aromatic rings. The maximum absolute atomic E-state index is 11.8. The van der Waals surface area contributed by atoms with E-state index in [1.54, 1.807) is 24.3 Å². The number of carbonyl (C=O) groups is 1. The molecule has 0 spiro atoms. The second-order valence-corrected chi connectivity index (χ2v) is 3.94. The molecule has 4 nitrogen and oxygen atoms in total. The van der Waals surface area contributed by atoms with Gasteiger partial charge in [-0.15, -0.1) is 0 Å². The third kappa shape index (κ3) is 1.71. The lowest BCUT2D eigenvalue weighted by molar-refractivity contribution is 0.101. The Hall–Kier alpha value is -3.16. The van der Waals surface area contributed by atoms with Crippen molar-refractivity contribution < 1.29 is 4.79 Å². The Morgan fingerprint density at radius 3 is 1.89 bits per heavy atom. The molecule has 0 fully saturated rings. The number of Topliss-reactive ketones (excluding diaryl/α,β-unsaturated/α-hetero) is 1. The van der Waals surface area contributed by atoms with E-state index in [9.17, 15) is 15.3 Å². The van der Waals surface area contributed by atoms with E-state index in [0.717, 1.165) is 0 Å². The minimum Gasteiger partial charge on any atom is -0.294 e. The van der Waals surface area contributed by atoms with Gasteiger partial charge in [0.15, 0.2) is 5.78 Å². The lowest BCUT2D eigenvalue weighted by atomic mass is 9.89. The Kier molecular flexibility index (Phi) is 2.98. The SMILES string of the molecule is CC(=O)c1c(C#N)c(C#N)c(C#N)c2ccccc12. The second-order valence-electron chi connectivity index (χ2n) is 3.94. The number of hydrogen-bond donors (Lipinski definition) is 0. The second kappa shape index (κ2) is 4.61. The Bertz CT molecular complexity index is 830. The van der Waals surface area contributed by atoms with Crippen molar-refractivity contribution in [1.29, 1.82) is 15.8 Å². The number of fused-ring (bicyclic) bond motifs is 1. The summed E-state index contributed by atoms with van der Waals surface area (Å²) in [5.41, 5.74) is 0.285. The van der Waals surface area contributed by atoms with E-state index in [0.29, 0.717) is 10.8 Å². The van der Waals surface area contributed by atoms with Gasteiger partial charge in [-0.25, -0.2) is 0 Å². The molecule has 0 atom stereocenters. The van der Waals surface area contributed by atoms with Crippen LogP contribution in [0.5, 0.6) is 0 Å². The van der Waals surface area contributed by atoms with Gasteiger partial charge in [0.1, 0.15) is 18.2 Å². The highest BCUT2D eigenvalue weighted by Crippen LogP contribution is 2.30. The zero-order chi connectivity index (χ0) is 14.0. The number of rotatable bonds is 1. The molecule has 0 amide bonds. The summed E-state index contributed by atoms with van der Waals surface area (Å²) in [7, 11) is 0. The van der Waals surface area contributed by atoms with E-state index in [4.69, 9.17) is 5.26 Å². The third-order valence-electron chi connectivity index (χ3n) is 2.90. The van der Waals surface area contributed by atoms with Crippen molar-refractivity contribution in [2.24, 2.45) is 0 Å². The summed E-state index contributed by atoms with van der Waals surface area (Å²) in [6.07, 6.45) is 0. The number of ketones is 1. The normalized spacial score (nSPS) is 9.37. The Labute approximate surface area is 109 Å². The molecular weight excluding hydrogens is 238 g/mol. The minimum atomic E-state index is -0.297. The van der Waals surface area contributed by atoms with Crippen LogP contribution in [0.4, 0.5) is 0 Å². The van der Waals surface area contributed by atoms with Crippen LogP contribution in [0.15, 0.2) is 24.3 Å². The molecule has 0 bridgehead atoms. The van der Waals surface area contributed by atoms with Crippen LogP contribution in [0.1, 0.15) is 34.0 Å². The summed E-state index contributed by atoms with van der Waals surface area (Å²) in [5.74, 6) is -0.297. The fraction of sp³-hybridized carbons (Fsp3) is 0.0667. The first-order valence-electron chi connectivity index (χ1n) is 5.45. The van der Waals surface area contributed by atoms with Gasteiger partial charge in [-0.1, -0.05) is 24.3 Å². The summed E-state index contributed by atoms with van der Waals surface area (Å²) >= 11 is 0. The van der Waals surface area contributed by atoms with E-state index in [1.165, 1.54) is 6.92 Å². The topological polar surface area (TPSA) is 88.4 Å². The molecule has 0 aliphatic rings. The van der Waals surface area contributed by atoms with Gasteiger partial charge in [-0.3, -0.25) is 4.79 Å². The molecule has 0 aliphatic carbocycles. The zero-order valence-electron chi connectivity index (χ0n) is 10.1. The Morgan fingerprint density at radius 2 is 1.42 bits per heavy atom. The van der Waals surface area contributed by atoms with Crippen molar-refractivity contribution in [3.8, 4) is 18.2 Å². The summed E-state index contributed by atoms with van der Waals surface area (Å²) in [4.78, 5) is 11.8. The highest BCUT2D eigenvalue weighted by molar-refractivity contribution is 6.11. The number of nitriles is 3. The van der Waals surface area contributed by atoms with Gasteiger partial charge < -0.3 is 0 Å². The monoisotopic (exact) mass is 245 g/mol. The first kappa shape index (κ1) is 12.3. The van der Waals surface area contributed by atoms with Crippen LogP contribution >= 0.6 is 0 Å². The molecule has 0 heterocycles. The fourth-order valence-corrected chi connectivity index (χ4v) is 2.14. The first-order valence-corrected chi connectivity index (χ1v) is 5.45. The van der Waals surface area contributed by atoms with Crippen LogP contribution in [0, 0.1) is 34.0 Å². The van der Waals surface area contributed by atoms with Crippen LogP contribution < -0.4 is 0 Å². The van der Waals surface area contributed by atoms with E-state index in [1.807, 2.05) is 18.2 Å². The zero-order valence-corrected chi connectivity index (χ0v) is 10.1. The Morgan fingerprint density at radius 1 is 0.895 bits per heavy atom. The van der Waals surface area contributed by atoms with E-state index in [2.05, 4.69) is 0 Å². The highest BCUT2D eigenvalue weighted by atomic mass is 16.1. The van der Waals surface area contributed by atoms with Gasteiger partial charge in [0.25, 0.3) is 0 Å². The quantitative estimate of drug-likeness (QED) is 0.722. The molecule has 2 aromatic carbocycles. The van der Waals surface area contributed by atoms with E-state index < -0.39 is 0 Å². The largest absolute Gasteiger partial charge is 0.294 e. The molecule has 88 valence electrons. The summed E-state index contributed by atoms with van der Waals surface area (Å²) < 4.78 is 0. The molecule has 0 saturated carbocycles. The lowest BCUT2D eigenvalue weighted by Crippen LogP contribution is -2.04. The molecule has 0 aliphatic heterocycles. The highest BCUT2D eigenvalue weighted by Gasteiger charge is 2.21. The number of hydrogen-bond acceptors (Lipinski definition) is 4. The predicted octanol–water partition coefficient (Wildman–Crippen LogP) is 2.66. The molecule has 19 heavy (non-hydrogen) atoms. The van der Waals surface area contributed by atoms with E-state index >= 15 is 0 Å². The standard InChI is InChI=1S/C15H7N3O/c1-9(19)15-11-5-3-2-4-10(11)12(6-16)13(7-17)14(15)8-18/h2-5H,1H3. The Balaban J connectivity index is 3.20. The van der Waals surface area contributed by atoms with Gasteiger partial charge in [0, 0.05) is 10.9 Å². The van der Waals surface area contributed by atoms with Crippen LogP contribution in [0.2, 0.25) is 0 Å². The van der Waals surface area contributed by atoms with Crippen LogP contribution in [-0.4, -0.2) is 5.78 Å². The lowest BCUT2D eigenvalue weighted by Gasteiger charge is -2.09. The van der Waals surface area contributed by atoms with Crippen LogP contribution in [0.3, 0.4) is 0 Å². The smallest absolute Gasteiger partial charge is 0.161 e. The molecule has 0 aromatic heterocycles. The molecule has 0 N–H and O–H groups in total. The summed E-state index contributed by atoms with van der Waals surface area (Å²) in [6.45, 7) is 1.34. The van der Waals surface area contributed by atoms with E-state index in [-0.39, 0.29) is 28.0 Å². The number of nitrogens with zero attached hydrogens (tertiary/aromatic N) is 3. The maximum atomic E-state index is 11.8. The molecule has 0 unspecified atom stereocenters. The van der Waals surface area contributed by atoms with Crippen LogP contribution in [-0.2, 0) is 0 Å². The van der Waals surface area contributed by atoms with Crippen LogP contribution in [0.25, 0.3) is 10.8 Å². The van der Waals surface area contributed by atoms with Crippen molar-refractivity contribution in [2.75, 3.05) is 0 Å². The van der Waals surface area contributed by atoms with Crippen molar-refractivity contribution in [3.63, 3.8) is 0 Å².